The van der Waals surface area contributed by atoms with Gasteiger partial charge in [-0.2, -0.15) is 0 Å². The molecule has 1 amide bonds. The van der Waals surface area contributed by atoms with Crippen molar-refractivity contribution in [2.24, 2.45) is 0 Å². The molecule has 0 radical (unpaired) electrons. The molecule has 0 spiro atoms. The molecule has 0 bridgehead atoms. The molecule has 1 heterocycles. The summed E-state index contributed by atoms with van der Waals surface area (Å²) in [6, 6.07) is 2.27. The van der Waals surface area contributed by atoms with E-state index in [0.29, 0.717) is 0 Å². The summed E-state index contributed by atoms with van der Waals surface area (Å²) in [5, 5.41) is 3.78. The topological polar surface area (TPSA) is 29.1 Å². The van der Waals surface area contributed by atoms with Crippen molar-refractivity contribution in [1.82, 2.24) is 5.32 Å². The van der Waals surface area contributed by atoms with Crippen LogP contribution < -0.4 is 5.32 Å². The van der Waals surface area contributed by atoms with Crippen LogP contribution in [0.15, 0.2) is 6.07 Å². The number of nitrogens with one attached hydrogen (secondary N) is 1. The molecule has 2 rings (SSSR count). The van der Waals surface area contributed by atoms with Gasteiger partial charge in [0.15, 0.2) is 0 Å². The maximum absolute atomic E-state index is 11.9. The summed E-state index contributed by atoms with van der Waals surface area (Å²) < 4.78 is 0. The van der Waals surface area contributed by atoms with Gasteiger partial charge in [-0.15, -0.1) is 11.3 Å². The molecule has 1 unspecified atom stereocenters. The number of alkyl halides is 1. The van der Waals surface area contributed by atoms with Crippen LogP contribution in [0.5, 0.6) is 0 Å². The third kappa shape index (κ3) is 2.66. The largest absolute Gasteiger partial charge is 0.348 e. The van der Waals surface area contributed by atoms with Gasteiger partial charge in [0.05, 0.1) is 4.88 Å². The quantitative estimate of drug-likeness (QED) is 0.854. The van der Waals surface area contributed by atoms with Gasteiger partial charge in [0.25, 0.3) is 5.91 Å². The second kappa shape index (κ2) is 5.32. The van der Waals surface area contributed by atoms with E-state index < -0.39 is 0 Å². The molecule has 1 N–H and O–H groups in total. The first-order chi connectivity index (χ1) is 7.70. The number of hydrogen-bond donors (Lipinski definition) is 1. The summed E-state index contributed by atoms with van der Waals surface area (Å²) >= 11 is 5.03. The summed E-state index contributed by atoms with van der Waals surface area (Å²) in [4.78, 5) is 14.2. The Hall–Kier alpha value is -0.350. The minimum absolute atomic E-state index is 0.0753. The van der Waals surface area contributed by atoms with E-state index in [1.54, 1.807) is 11.3 Å². The highest BCUT2D eigenvalue weighted by Gasteiger charge is 2.17. The fraction of sp³-hybridized carbons (Fsp3) is 0.583. The first kappa shape index (κ1) is 12.1. The van der Waals surface area contributed by atoms with Gasteiger partial charge in [0.1, 0.15) is 0 Å². The average molecular weight is 302 g/mol. The van der Waals surface area contributed by atoms with Crippen LogP contribution in [0.1, 0.15) is 39.9 Å². The highest BCUT2D eigenvalue weighted by atomic mass is 79.9. The average Bonchev–Trinajstić information content (AvgIpc) is 2.72. The van der Waals surface area contributed by atoms with Gasteiger partial charge in [-0.25, -0.2) is 0 Å². The zero-order valence-corrected chi connectivity index (χ0v) is 11.8. The normalized spacial score (nSPS) is 16.6. The Labute approximate surface area is 109 Å². The summed E-state index contributed by atoms with van der Waals surface area (Å²) in [5.74, 6) is 0.0753. The van der Waals surface area contributed by atoms with E-state index in [0.717, 1.165) is 23.0 Å². The number of rotatable bonds is 3. The monoisotopic (exact) mass is 301 g/mol. The zero-order valence-electron chi connectivity index (χ0n) is 9.38. The Balaban J connectivity index is 2.09. The van der Waals surface area contributed by atoms with Crippen LogP contribution in [0.25, 0.3) is 0 Å². The first-order valence-electron chi connectivity index (χ1n) is 5.69. The Morgan fingerprint density at radius 1 is 1.56 bits per heavy atom. The summed E-state index contributed by atoms with van der Waals surface area (Å²) in [7, 11) is 0. The van der Waals surface area contributed by atoms with E-state index >= 15 is 0 Å². The van der Waals surface area contributed by atoms with E-state index in [9.17, 15) is 4.79 Å². The lowest BCUT2D eigenvalue weighted by molar-refractivity contribution is 0.0948. The summed E-state index contributed by atoms with van der Waals surface area (Å²) in [5.41, 5.74) is 1.40. The van der Waals surface area contributed by atoms with Gasteiger partial charge in [-0.1, -0.05) is 15.9 Å². The molecule has 0 saturated carbocycles. The minimum Gasteiger partial charge on any atom is -0.348 e. The van der Waals surface area contributed by atoms with E-state index in [1.165, 1.54) is 23.3 Å². The third-order valence-corrected chi connectivity index (χ3v) is 5.04. The van der Waals surface area contributed by atoms with Crippen molar-refractivity contribution in [3.63, 3.8) is 0 Å². The SMILES string of the molecule is CC(CBr)NC(=O)c1cc2c(s1)CCCC2. The van der Waals surface area contributed by atoms with Crippen LogP contribution in [0.4, 0.5) is 0 Å². The fourth-order valence-electron chi connectivity index (χ4n) is 1.94. The predicted molar refractivity (Wildman–Crippen MR) is 71.7 cm³/mol. The van der Waals surface area contributed by atoms with Crippen molar-refractivity contribution < 1.29 is 4.79 Å². The standard InChI is InChI=1S/C12H16BrNOS/c1-8(7-13)14-12(15)11-6-9-4-2-3-5-10(9)16-11/h6,8H,2-5,7H2,1H3,(H,14,15). The molecular formula is C12H16BrNOS. The lowest BCUT2D eigenvalue weighted by atomic mass is 9.99. The molecule has 16 heavy (non-hydrogen) atoms. The molecular weight excluding hydrogens is 286 g/mol. The van der Waals surface area contributed by atoms with Crippen LogP contribution >= 0.6 is 27.3 Å². The van der Waals surface area contributed by atoms with E-state index in [2.05, 4.69) is 27.3 Å². The third-order valence-electron chi connectivity index (χ3n) is 2.83. The van der Waals surface area contributed by atoms with Crippen molar-refractivity contribution in [2.45, 2.75) is 38.6 Å². The molecule has 0 aliphatic heterocycles. The van der Waals surface area contributed by atoms with Gasteiger partial charge < -0.3 is 5.32 Å². The van der Waals surface area contributed by atoms with Gasteiger partial charge >= 0.3 is 0 Å². The number of thiophene rings is 1. The van der Waals surface area contributed by atoms with Gasteiger partial charge in [-0.05, 0) is 44.2 Å². The molecule has 88 valence electrons. The Bertz CT molecular complexity index is 365. The van der Waals surface area contributed by atoms with Crippen LogP contribution in [0.2, 0.25) is 0 Å². The molecule has 1 aliphatic rings. The Kier molecular flexibility index (Phi) is 4.03. The minimum atomic E-state index is 0.0753. The van der Waals surface area contributed by atoms with E-state index in [-0.39, 0.29) is 11.9 Å². The summed E-state index contributed by atoms with van der Waals surface area (Å²) in [6.07, 6.45) is 4.84. The van der Waals surface area contributed by atoms with Crippen molar-refractivity contribution in [3.8, 4) is 0 Å². The number of aryl methyl sites for hydroxylation is 2. The van der Waals surface area contributed by atoms with Crippen LogP contribution in [0.3, 0.4) is 0 Å². The van der Waals surface area contributed by atoms with Crippen molar-refractivity contribution in [1.29, 1.82) is 0 Å². The van der Waals surface area contributed by atoms with Crippen LogP contribution in [-0.4, -0.2) is 17.3 Å². The highest BCUT2D eigenvalue weighted by molar-refractivity contribution is 9.09. The number of fused-ring (bicyclic) bond motifs is 1. The maximum atomic E-state index is 11.9. The van der Waals surface area contributed by atoms with E-state index in [1.807, 2.05) is 6.92 Å². The molecule has 1 aromatic heterocycles. The molecule has 4 heteroatoms. The number of carbonyl (C=O) groups excluding carboxylic acids is 1. The van der Waals surface area contributed by atoms with Gasteiger partial charge in [0.2, 0.25) is 0 Å². The molecule has 1 atom stereocenters. The predicted octanol–water partition coefficient (Wildman–Crippen LogP) is 3.14. The lowest BCUT2D eigenvalue weighted by Gasteiger charge is -2.08. The molecule has 0 fully saturated rings. The molecule has 1 aromatic rings. The fourth-order valence-corrected chi connectivity index (χ4v) is 3.25. The van der Waals surface area contributed by atoms with Crippen molar-refractivity contribution in [2.75, 3.05) is 5.33 Å². The van der Waals surface area contributed by atoms with Gasteiger partial charge in [-0.3, -0.25) is 4.79 Å². The lowest BCUT2D eigenvalue weighted by Crippen LogP contribution is -2.33. The second-order valence-electron chi connectivity index (χ2n) is 4.29. The van der Waals surface area contributed by atoms with Crippen LogP contribution in [-0.2, 0) is 12.8 Å². The number of hydrogen-bond acceptors (Lipinski definition) is 2. The van der Waals surface area contributed by atoms with Gasteiger partial charge in [0, 0.05) is 16.2 Å². The van der Waals surface area contributed by atoms with E-state index in [4.69, 9.17) is 0 Å². The number of carbonyl (C=O) groups is 1. The maximum Gasteiger partial charge on any atom is 0.261 e. The molecule has 0 saturated heterocycles. The highest BCUT2D eigenvalue weighted by Crippen LogP contribution is 2.29. The molecule has 0 aromatic carbocycles. The first-order valence-corrected chi connectivity index (χ1v) is 7.63. The molecule has 1 aliphatic carbocycles. The second-order valence-corrected chi connectivity index (χ2v) is 6.08. The molecule has 2 nitrogen and oxygen atoms in total. The number of halogens is 1. The summed E-state index contributed by atoms with van der Waals surface area (Å²) in [6.45, 7) is 2.00. The smallest absolute Gasteiger partial charge is 0.261 e. The zero-order chi connectivity index (χ0) is 11.5. The van der Waals surface area contributed by atoms with Crippen LogP contribution in [0, 0.1) is 0 Å². The van der Waals surface area contributed by atoms with Crippen molar-refractivity contribution >= 4 is 33.2 Å². The Morgan fingerprint density at radius 3 is 3.00 bits per heavy atom. The number of amides is 1. The Morgan fingerprint density at radius 2 is 2.31 bits per heavy atom. The van der Waals surface area contributed by atoms with Crippen molar-refractivity contribution in [3.05, 3.63) is 21.4 Å².